The summed E-state index contributed by atoms with van der Waals surface area (Å²) in [5, 5.41) is 10.6. The summed E-state index contributed by atoms with van der Waals surface area (Å²) in [5.74, 6) is 7.82. The van der Waals surface area contributed by atoms with Gasteiger partial charge in [0.1, 0.15) is 5.60 Å². The molecular formula is C27H30N2O4. The number of ether oxygens (including phenoxy) is 2. The molecule has 172 valence electrons. The SMILES string of the molecule is O=C(c1ccc(C#CC2(O)CCCCC2)cc1)N1CCN(Cc2ccc3c(c2)OCO3)CC1. The molecule has 3 aliphatic rings. The summed E-state index contributed by atoms with van der Waals surface area (Å²) in [5.41, 5.74) is 1.85. The number of benzene rings is 2. The van der Waals surface area contributed by atoms with Crippen LogP contribution in [-0.4, -0.2) is 59.4 Å². The number of amides is 1. The number of hydrogen-bond acceptors (Lipinski definition) is 5. The van der Waals surface area contributed by atoms with E-state index >= 15 is 0 Å². The van der Waals surface area contributed by atoms with E-state index in [0.717, 1.165) is 62.4 Å². The van der Waals surface area contributed by atoms with Gasteiger partial charge in [-0.15, -0.1) is 0 Å². The van der Waals surface area contributed by atoms with Crippen molar-refractivity contribution in [1.29, 1.82) is 0 Å². The van der Waals surface area contributed by atoms with Crippen molar-refractivity contribution in [2.24, 2.45) is 0 Å². The second-order valence-electron chi connectivity index (χ2n) is 9.18. The van der Waals surface area contributed by atoms with Crippen molar-refractivity contribution >= 4 is 5.91 Å². The van der Waals surface area contributed by atoms with Crippen LogP contribution in [0.5, 0.6) is 11.5 Å². The maximum atomic E-state index is 13.0. The zero-order valence-corrected chi connectivity index (χ0v) is 18.9. The Morgan fingerprint density at radius 2 is 1.67 bits per heavy atom. The molecule has 0 radical (unpaired) electrons. The molecule has 2 fully saturated rings. The fourth-order valence-corrected chi connectivity index (χ4v) is 4.74. The van der Waals surface area contributed by atoms with Gasteiger partial charge in [-0.3, -0.25) is 9.69 Å². The van der Waals surface area contributed by atoms with Crippen LogP contribution in [0.4, 0.5) is 0 Å². The van der Waals surface area contributed by atoms with Crippen molar-refractivity contribution in [3.8, 4) is 23.3 Å². The van der Waals surface area contributed by atoms with E-state index in [4.69, 9.17) is 9.47 Å². The second kappa shape index (κ2) is 9.46. The van der Waals surface area contributed by atoms with Gasteiger partial charge in [0.25, 0.3) is 5.91 Å². The molecule has 1 saturated carbocycles. The zero-order chi connectivity index (χ0) is 22.7. The van der Waals surface area contributed by atoms with E-state index in [1.165, 1.54) is 12.0 Å². The van der Waals surface area contributed by atoms with Crippen molar-refractivity contribution in [3.05, 3.63) is 59.2 Å². The van der Waals surface area contributed by atoms with E-state index in [1.807, 2.05) is 41.3 Å². The molecule has 0 spiro atoms. The number of carbonyl (C=O) groups excluding carboxylic acids is 1. The first-order valence-corrected chi connectivity index (χ1v) is 11.8. The molecule has 2 aromatic carbocycles. The lowest BCUT2D eigenvalue weighted by molar-refractivity contribution is 0.0608. The summed E-state index contributed by atoms with van der Waals surface area (Å²) in [6, 6.07) is 13.5. The molecule has 1 aliphatic carbocycles. The number of fused-ring (bicyclic) bond motifs is 1. The fourth-order valence-electron chi connectivity index (χ4n) is 4.74. The Labute approximate surface area is 195 Å². The zero-order valence-electron chi connectivity index (χ0n) is 18.9. The highest BCUT2D eigenvalue weighted by Gasteiger charge is 2.26. The molecule has 1 amide bonds. The van der Waals surface area contributed by atoms with Crippen LogP contribution in [0.1, 0.15) is 53.6 Å². The highest BCUT2D eigenvalue weighted by Crippen LogP contribution is 2.33. The van der Waals surface area contributed by atoms with Crippen molar-refractivity contribution in [1.82, 2.24) is 9.80 Å². The van der Waals surface area contributed by atoms with E-state index in [9.17, 15) is 9.90 Å². The van der Waals surface area contributed by atoms with Crippen LogP contribution in [0.2, 0.25) is 0 Å². The molecule has 5 rings (SSSR count). The lowest BCUT2D eigenvalue weighted by Crippen LogP contribution is -2.48. The standard InChI is InChI=1S/C27H30N2O4/c30-26(23-7-4-21(5-8-23)10-13-27(31)11-2-1-3-12-27)29-16-14-28(15-17-29)19-22-6-9-24-25(18-22)33-20-32-24/h4-9,18,31H,1-3,11-12,14-17,19-20H2. The molecule has 2 aromatic rings. The van der Waals surface area contributed by atoms with Crippen LogP contribution in [0.25, 0.3) is 0 Å². The number of rotatable bonds is 3. The van der Waals surface area contributed by atoms with Gasteiger partial charge >= 0.3 is 0 Å². The van der Waals surface area contributed by atoms with Crippen LogP contribution >= 0.6 is 0 Å². The van der Waals surface area contributed by atoms with E-state index in [2.05, 4.69) is 22.8 Å². The summed E-state index contributed by atoms with van der Waals surface area (Å²) in [7, 11) is 0. The van der Waals surface area contributed by atoms with Gasteiger partial charge in [0.15, 0.2) is 11.5 Å². The van der Waals surface area contributed by atoms with E-state index in [-0.39, 0.29) is 12.7 Å². The molecule has 1 N–H and O–H groups in total. The highest BCUT2D eigenvalue weighted by molar-refractivity contribution is 5.94. The third-order valence-electron chi connectivity index (χ3n) is 6.75. The number of aliphatic hydroxyl groups is 1. The summed E-state index contributed by atoms with van der Waals surface area (Å²) < 4.78 is 10.9. The molecule has 2 heterocycles. The molecule has 33 heavy (non-hydrogen) atoms. The Morgan fingerprint density at radius 3 is 2.42 bits per heavy atom. The molecule has 1 saturated heterocycles. The quantitative estimate of drug-likeness (QED) is 0.732. The van der Waals surface area contributed by atoms with Gasteiger partial charge in [0.2, 0.25) is 6.79 Å². The molecule has 0 atom stereocenters. The summed E-state index contributed by atoms with van der Waals surface area (Å²) in [4.78, 5) is 17.2. The smallest absolute Gasteiger partial charge is 0.253 e. The largest absolute Gasteiger partial charge is 0.454 e. The minimum Gasteiger partial charge on any atom is -0.454 e. The van der Waals surface area contributed by atoms with Gasteiger partial charge in [-0.2, -0.15) is 0 Å². The molecule has 6 nitrogen and oxygen atoms in total. The van der Waals surface area contributed by atoms with Gasteiger partial charge in [0.05, 0.1) is 0 Å². The van der Waals surface area contributed by atoms with Crippen molar-refractivity contribution in [2.75, 3.05) is 33.0 Å². The first-order valence-electron chi connectivity index (χ1n) is 11.8. The minimum absolute atomic E-state index is 0.0585. The maximum absolute atomic E-state index is 13.0. The first kappa shape index (κ1) is 21.8. The molecule has 0 unspecified atom stereocenters. The van der Waals surface area contributed by atoms with Crippen LogP contribution in [0.3, 0.4) is 0 Å². The third kappa shape index (κ3) is 5.16. The van der Waals surface area contributed by atoms with Crippen molar-refractivity contribution < 1.29 is 19.4 Å². The van der Waals surface area contributed by atoms with E-state index in [1.54, 1.807) is 0 Å². The Bertz CT molecular complexity index is 1060. The molecule has 0 aromatic heterocycles. The third-order valence-corrected chi connectivity index (χ3v) is 6.75. The summed E-state index contributed by atoms with van der Waals surface area (Å²) >= 11 is 0. The second-order valence-corrected chi connectivity index (χ2v) is 9.18. The first-order chi connectivity index (χ1) is 16.1. The number of piperazine rings is 1. The summed E-state index contributed by atoms with van der Waals surface area (Å²) in [6.07, 6.45) is 4.73. The molecular weight excluding hydrogens is 416 g/mol. The Morgan fingerprint density at radius 1 is 0.939 bits per heavy atom. The maximum Gasteiger partial charge on any atom is 0.253 e. The number of nitrogens with zero attached hydrogens (tertiary/aromatic N) is 2. The monoisotopic (exact) mass is 446 g/mol. The van der Waals surface area contributed by atoms with Crippen molar-refractivity contribution in [2.45, 2.75) is 44.2 Å². The Balaban J connectivity index is 1.14. The predicted molar refractivity (Wildman–Crippen MR) is 125 cm³/mol. The average Bonchev–Trinajstić information content (AvgIpc) is 3.32. The predicted octanol–water partition coefficient (Wildman–Crippen LogP) is 3.42. The minimum atomic E-state index is -0.854. The van der Waals surface area contributed by atoms with E-state index < -0.39 is 5.60 Å². The Kier molecular flexibility index (Phi) is 6.26. The molecule has 2 aliphatic heterocycles. The van der Waals surface area contributed by atoms with Crippen LogP contribution < -0.4 is 9.47 Å². The summed E-state index contributed by atoms with van der Waals surface area (Å²) in [6.45, 7) is 4.20. The number of carbonyl (C=O) groups is 1. The molecule has 0 bridgehead atoms. The topological polar surface area (TPSA) is 62.2 Å². The van der Waals surface area contributed by atoms with Crippen LogP contribution in [-0.2, 0) is 6.54 Å². The Hall–Kier alpha value is -3.01. The van der Waals surface area contributed by atoms with Gasteiger partial charge in [-0.25, -0.2) is 0 Å². The van der Waals surface area contributed by atoms with Gasteiger partial charge in [-0.1, -0.05) is 24.3 Å². The fraction of sp³-hybridized carbons (Fsp3) is 0.444. The normalized spacial score (nSPS) is 19.6. The lowest BCUT2D eigenvalue weighted by atomic mass is 9.85. The van der Waals surface area contributed by atoms with E-state index in [0.29, 0.717) is 18.7 Å². The lowest BCUT2D eigenvalue weighted by Gasteiger charge is -2.34. The van der Waals surface area contributed by atoms with Gasteiger partial charge in [0, 0.05) is 43.9 Å². The number of hydrogen-bond donors (Lipinski definition) is 1. The van der Waals surface area contributed by atoms with Crippen LogP contribution in [0, 0.1) is 11.8 Å². The van der Waals surface area contributed by atoms with Crippen LogP contribution in [0.15, 0.2) is 42.5 Å². The highest BCUT2D eigenvalue weighted by atomic mass is 16.7. The molecule has 6 heteroatoms. The van der Waals surface area contributed by atoms with Gasteiger partial charge in [-0.05, 0) is 67.6 Å². The van der Waals surface area contributed by atoms with Gasteiger partial charge < -0.3 is 19.5 Å². The average molecular weight is 447 g/mol. The van der Waals surface area contributed by atoms with Crippen molar-refractivity contribution in [3.63, 3.8) is 0 Å².